The second kappa shape index (κ2) is 13.1. The van der Waals surface area contributed by atoms with Crippen molar-refractivity contribution in [1.29, 1.82) is 0 Å². The Morgan fingerprint density at radius 2 is 1.47 bits per heavy atom. The average Bonchev–Trinajstić information content (AvgIpc) is 3.68. The monoisotopic (exact) mass is 686 g/mol. The molecule has 0 fully saturated rings. The van der Waals surface area contributed by atoms with E-state index in [2.05, 4.69) is 133 Å². The van der Waals surface area contributed by atoms with Crippen LogP contribution >= 0.6 is 0 Å². The number of allylic oxidation sites excluding steroid dienone is 2. The van der Waals surface area contributed by atoms with E-state index in [0.717, 1.165) is 47.3 Å². The largest absolute Gasteiger partial charge is 0.390 e. The van der Waals surface area contributed by atoms with Crippen LogP contribution in [0.15, 0.2) is 162 Å². The van der Waals surface area contributed by atoms with Crippen LogP contribution in [0.3, 0.4) is 0 Å². The highest BCUT2D eigenvalue weighted by atomic mass is 15.1. The number of benzene rings is 6. The molecule has 0 bridgehead atoms. The molecule has 9 rings (SSSR count). The number of nitrogens with zero attached hydrogens (tertiary/aromatic N) is 3. The molecule has 4 heteroatoms. The minimum atomic E-state index is -0.304. The Morgan fingerprint density at radius 1 is 0.774 bits per heavy atom. The minimum Gasteiger partial charge on any atom is -0.390 e. The number of aliphatic imine (C=N–C) groups is 2. The summed E-state index contributed by atoms with van der Waals surface area (Å²) in [6.45, 7) is 10.4. The highest BCUT2D eigenvalue weighted by Gasteiger charge is 2.44. The van der Waals surface area contributed by atoms with Crippen molar-refractivity contribution >= 4 is 29.1 Å². The molecule has 53 heavy (non-hydrogen) atoms. The molecule has 0 spiro atoms. The molecule has 0 radical (unpaired) electrons. The maximum atomic E-state index is 5.90. The first-order chi connectivity index (χ1) is 26.0. The first kappa shape index (κ1) is 32.6. The van der Waals surface area contributed by atoms with Gasteiger partial charge < -0.3 is 10.6 Å². The van der Waals surface area contributed by atoms with Crippen LogP contribution in [0.25, 0.3) is 27.8 Å². The first-order valence-electron chi connectivity index (χ1n) is 18.5. The van der Waals surface area contributed by atoms with Gasteiger partial charge in [-0.2, -0.15) is 0 Å². The molecule has 258 valence electrons. The van der Waals surface area contributed by atoms with Gasteiger partial charge in [-0.25, -0.2) is 4.99 Å². The third kappa shape index (κ3) is 5.36. The molecule has 4 nitrogen and oxygen atoms in total. The summed E-state index contributed by atoms with van der Waals surface area (Å²) in [7, 11) is 0. The predicted octanol–water partition coefficient (Wildman–Crippen LogP) is 11.2. The van der Waals surface area contributed by atoms with Gasteiger partial charge in [0, 0.05) is 35.2 Å². The molecular weight excluding hydrogens is 645 g/mol. The van der Waals surface area contributed by atoms with E-state index in [1.165, 1.54) is 62.1 Å². The molecule has 3 aliphatic rings. The second-order valence-electron chi connectivity index (χ2n) is 14.7. The summed E-state index contributed by atoms with van der Waals surface area (Å²) >= 11 is 0. The van der Waals surface area contributed by atoms with E-state index in [4.69, 9.17) is 17.3 Å². The molecular formula is C49H42N4. The highest BCUT2D eigenvalue weighted by Crippen LogP contribution is 2.61. The van der Waals surface area contributed by atoms with E-state index in [-0.39, 0.29) is 11.5 Å². The first-order valence-corrected chi connectivity index (χ1v) is 18.5. The summed E-state index contributed by atoms with van der Waals surface area (Å²) in [5, 5.41) is 0. The van der Waals surface area contributed by atoms with Gasteiger partial charge in [0.1, 0.15) is 6.04 Å². The lowest BCUT2D eigenvalue weighted by Gasteiger charge is -2.34. The molecule has 0 saturated heterocycles. The highest BCUT2D eigenvalue weighted by molar-refractivity contribution is 6.06. The lowest BCUT2D eigenvalue weighted by molar-refractivity contribution is 0.661. The Bertz CT molecular complexity index is 2490. The van der Waals surface area contributed by atoms with Crippen molar-refractivity contribution in [3.8, 4) is 22.3 Å². The normalized spacial score (nSPS) is 16.6. The van der Waals surface area contributed by atoms with Crippen LogP contribution in [-0.4, -0.2) is 18.7 Å². The number of fused-ring (bicyclic) bond motifs is 10. The van der Waals surface area contributed by atoms with Gasteiger partial charge in [0.25, 0.3) is 0 Å². The van der Waals surface area contributed by atoms with Gasteiger partial charge in [-0.3, -0.25) is 4.99 Å². The summed E-state index contributed by atoms with van der Waals surface area (Å²) < 4.78 is 0. The van der Waals surface area contributed by atoms with Gasteiger partial charge in [0.15, 0.2) is 5.84 Å². The van der Waals surface area contributed by atoms with Crippen molar-refractivity contribution in [2.75, 3.05) is 11.4 Å². The van der Waals surface area contributed by atoms with E-state index in [0.29, 0.717) is 5.84 Å². The van der Waals surface area contributed by atoms with Crippen LogP contribution in [0.4, 0.5) is 11.4 Å². The van der Waals surface area contributed by atoms with E-state index < -0.39 is 0 Å². The third-order valence-corrected chi connectivity index (χ3v) is 11.2. The number of hydrogen-bond donors (Lipinski definition) is 1. The van der Waals surface area contributed by atoms with Gasteiger partial charge in [0.2, 0.25) is 0 Å². The van der Waals surface area contributed by atoms with Crippen LogP contribution in [0, 0.1) is 0 Å². The van der Waals surface area contributed by atoms with E-state index in [1.54, 1.807) is 0 Å². The number of nitrogens with two attached hydrogens (primary N) is 1. The van der Waals surface area contributed by atoms with Crippen LogP contribution < -0.4 is 10.6 Å². The number of hydrogen-bond acceptors (Lipinski definition) is 2. The van der Waals surface area contributed by atoms with Crippen molar-refractivity contribution in [3.05, 3.63) is 197 Å². The van der Waals surface area contributed by atoms with E-state index in [1.807, 2.05) is 36.4 Å². The van der Waals surface area contributed by atoms with Crippen LogP contribution in [0.1, 0.15) is 70.8 Å². The molecule has 2 aliphatic carbocycles. The Labute approximate surface area is 312 Å². The van der Waals surface area contributed by atoms with Crippen LogP contribution in [0.5, 0.6) is 0 Å². The standard InChI is InChI=1S/C49H42N4/c1-32-17-14-15-28-53(37-24-16-23-36(29-37)46(33-18-6-4-7-19-33)52-48(51-31-50)34-20-8-5-9-21-34)47-40-30-35-22-10-11-25-38(35)43(40)45-44(42(32)47)39-26-12-13-27-41(39)49(45,2)3/h4-14,16-27,29,31,46H,1,15,28,30H2,2-3H3,(H2,50,51,52)/b17-14-. The van der Waals surface area contributed by atoms with Crippen molar-refractivity contribution < 1.29 is 0 Å². The predicted molar refractivity (Wildman–Crippen MR) is 222 cm³/mol. The lowest BCUT2D eigenvalue weighted by atomic mass is 9.76. The fraction of sp³-hybridized carbons (Fsp3) is 0.143. The SMILES string of the molecule is C=C1/C=C\CCN(c2cccc(C(N=C(N=CN)c3ccccc3)c3ccccc3)c2)c2c3c(c4c(c21)-c1ccccc1C4(C)C)-c1ccccc1C3. The fourth-order valence-corrected chi connectivity index (χ4v) is 8.94. The Hall–Kier alpha value is -6.26. The molecule has 0 amide bonds. The van der Waals surface area contributed by atoms with Crippen LogP contribution in [-0.2, 0) is 11.8 Å². The van der Waals surface area contributed by atoms with E-state index in [9.17, 15) is 0 Å². The molecule has 6 aromatic rings. The van der Waals surface area contributed by atoms with Crippen LogP contribution in [0.2, 0.25) is 0 Å². The van der Waals surface area contributed by atoms with Gasteiger partial charge >= 0.3 is 0 Å². The van der Waals surface area contributed by atoms with Crippen molar-refractivity contribution in [2.24, 2.45) is 15.7 Å². The summed E-state index contributed by atoms with van der Waals surface area (Å²) in [6.07, 6.45) is 7.65. The summed E-state index contributed by atoms with van der Waals surface area (Å²) in [5.41, 5.74) is 24.5. The van der Waals surface area contributed by atoms with Gasteiger partial charge in [-0.15, -0.1) is 0 Å². The summed E-state index contributed by atoms with van der Waals surface area (Å²) in [5.74, 6) is 0.595. The molecule has 1 aliphatic heterocycles. The Balaban J connectivity index is 1.29. The zero-order valence-corrected chi connectivity index (χ0v) is 30.3. The van der Waals surface area contributed by atoms with Crippen molar-refractivity contribution in [2.45, 2.75) is 38.1 Å². The molecule has 0 aromatic heterocycles. The summed E-state index contributed by atoms with van der Waals surface area (Å²) in [4.78, 5) is 12.4. The number of anilines is 2. The Morgan fingerprint density at radius 3 is 2.26 bits per heavy atom. The molecule has 1 unspecified atom stereocenters. The minimum absolute atomic E-state index is 0.164. The van der Waals surface area contributed by atoms with Crippen molar-refractivity contribution in [1.82, 2.24) is 0 Å². The smallest absolute Gasteiger partial charge is 0.157 e. The molecule has 0 saturated carbocycles. The third-order valence-electron chi connectivity index (χ3n) is 11.2. The summed E-state index contributed by atoms with van der Waals surface area (Å²) in [6, 6.07) is 47.2. The topological polar surface area (TPSA) is 54.0 Å². The fourth-order valence-electron chi connectivity index (χ4n) is 8.94. The van der Waals surface area contributed by atoms with Gasteiger partial charge in [-0.1, -0.05) is 154 Å². The molecule has 2 N–H and O–H groups in total. The number of amidine groups is 1. The average molecular weight is 687 g/mol. The zero-order valence-electron chi connectivity index (χ0n) is 30.3. The van der Waals surface area contributed by atoms with Gasteiger partial charge in [0.05, 0.1) is 12.0 Å². The van der Waals surface area contributed by atoms with Crippen molar-refractivity contribution in [3.63, 3.8) is 0 Å². The maximum Gasteiger partial charge on any atom is 0.157 e. The molecule has 1 atom stereocenters. The zero-order chi connectivity index (χ0) is 36.1. The number of rotatable bonds is 5. The van der Waals surface area contributed by atoms with Gasteiger partial charge in [-0.05, 0) is 79.8 Å². The maximum absolute atomic E-state index is 5.90. The lowest BCUT2D eigenvalue weighted by Crippen LogP contribution is -2.24. The second-order valence-corrected chi connectivity index (χ2v) is 14.7. The molecule has 1 heterocycles. The quantitative estimate of drug-likeness (QED) is 0.145. The molecule has 6 aromatic carbocycles. The van der Waals surface area contributed by atoms with E-state index >= 15 is 0 Å². The Kier molecular flexibility index (Phi) is 8.04.